The number of nitrogens with zero attached hydrogens (tertiary/aromatic N) is 2. The molecule has 0 aliphatic carbocycles. The van der Waals surface area contributed by atoms with Crippen molar-refractivity contribution in [1.29, 1.82) is 0 Å². The minimum absolute atomic E-state index is 0.220. The Labute approximate surface area is 142 Å². The fourth-order valence-electron chi connectivity index (χ4n) is 2.19. The summed E-state index contributed by atoms with van der Waals surface area (Å²) < 4.78 is 0. The molecule has 0 radical (unpaired) electrons. The fourth-order valence-corrected chi connectivity index (χ4v) is 2.93. The summed E-state index contributed by atoms with van der Waals surface area (Å²) in [6.45, 7) is 3.97. The lowest BCUT2D eigenvalue weighted by Gasteiger charge is -2.08. The second kappa shape index (κ2) is 6.76. The van der Waals surface area contributed by atoms with Crippen LogP contribution in [0.1, 0.15) is 24.8 Å². The third-order valence-electron chi connectivity index (χ3n) is 3.40. The Balaban J connectivity index is 1.72. The van der Waals surface area contributed by atoms with Crippen molar-refractivity contribution in [1.82, 2.24) is 10.2 Å². The van der Waals surface area contributed by atoms with E-state index in [2.05, 4.69) is 20.8 Å². The van der Waals surface area contributed by atoms with E-state index in [9.17, 15) is 9.59 Å². The number of rotatable bonds is 3. The molecule has 0 spiro atoms. The van der Waals surface area contributed by atoms with Crippen molar-refractivity contribution in [2.24, 2.45) is 0 Å². The molecule has 24 heavy (non-hydrogen) atoms. The van der Waals surface area contributed by atoms with Gasteiger partial charge in [-0.05, 0) is 11.5 Å². The molecule has 1 heterocycles. The molecule has 2 amide bonds. The topological polar surface area (TPSA) is 84.0 Å². The van der Waals surface area contributed by atoms with Crippen LogP contribution in [0.4, 0.5) is 10.8 Å². The molecule has 0 bridgehead atoms. The molecule has 2 N–H and O–H groups in total. The van der Waals surface area contributed by atoms with Crippen LogP contribution in [0.5, 0.6) is 0 Å². The van der Waals surface area contributed by atoms with E-state index in [1.165, 1.54) is 11.3 Å². The number of anilines is 2. The van der Waals surface area contributed by atoms with Crippen LogP contribution in [-0.4, -0.2) is 22.0 Å². The summed E-state index contributed by atoms with van der Waals surface area (Å²) in [5.74, 6) is -1.29. The van der Waals surface area contributed by atoms with E-state index in [1.54, 1.807) is 6.07 Å². The number of benzene rings is 2. The number of amides is 2. The molecule has 7 heteroatoms. The molecule has 3 rings (SSSR count). The second-order valence-electron chi connectivity index (χ2n) is 5.54. The lowest BCUT2D eigenvalue weighted by Crippen LogP contribution is -2.29. The first-order chi connectivity index (χ1) is 11.5. The van der Waals surface area contributed by atoms with Crippen molar-refractivity contribution >= 4 is 44.7 Å². The van der Waals surface area contributed by atoms with Gasteiger partial charge in [0.1, 0.15) is 5.01 Å². The molecule has 6 nitrogen and oxygen atoms in total. The van der Waals surface area contributed by atoms with Crippen molar-refractivity contribution in [3.63, 3.8) is 0 Å². The zero-order valence-corrected chi connectivity index (χ0v) is 14.1. The Morgan fingerprint density at radius 1 is 0.958 bits per heavy atom. The average Bonchev–Trinajstić information content (AvgIpc) is 3.04. The molecular formula is C17H16N4O2S. The first kappa shape index (κ1) is 16.1. The van der Waals surface area contributed by atoms with Gasteiger partial charge in [0, 0.05) is 17.0 Å². The van der Waals surface area contributed by atoms with Crippen LogP contribution < -0.4 is 10.6 Å². The maximum atomic E-state index is 12.1. The summed E-state index contributed by atoms with van der Waals surface area (Å²) >= 11 is 1.26. The number of hydrogen-bond acceptors (Lipinski definition) is 5. The fraction of sp³-hybridized carbons (Fsp3) is 0.176. The Bertz CT molecular complexity index is 899. The molecule has 0 atom stereocenters. The number of carbonyl (C=O) groups excluding carboxylic acids is 2. The summed E-state index contributed by atoms with van der Waals surface area (Å²) in [5, 5.41) is 16.0. The van der Waals surface area contributed by atoms with Crippen LogP contribution in [0.3, 0.4) is 0 Å². The smallest absolute Gasteiger partial charge is 0.315 e. The van der Waals surface area contributed by atoms with Crippen molar-refractivity contribution < 1.29 is 9.59 Å². The minimum Gasteiger partial charge on any atom is -0.317 e. The average molecular weight is 340 g/mol. The highest BCUT2D eigenvalue weighted by Crippen LogP contribution is 2.24. The number of carbonyl (C=O) groups is 2. The summed E-state index contributed by atoms with van der Waals surface area (Å²) in [7, 11) is 0. The van der Waals surface area contributed by atoms with Crippen molar-refractivity contribution in [3.8, 4) is 0 Å². The van der Waals surface area contributed by atoms with Gasteiger partial charge >= 0.3 is 11.8 Å². The number of nitrogens with one attached hydrogen (secondary N) is 2. The molecule has 122 valence electrons. The molecule has 0 unspecified atom stereocenters. The second-order valence-corrected chi connectivity index (χ2v) is 6.54. The zero-order chi connectivity index (χ0) is 17.1. The van der Waals surface area contributed by atoms with E-state index in [4.69, 9.17) is 0 Å². The maximum absolute atomic E-state index is 12.1. The first-order valence-corrected chi connectivity index (χ1v) is 8.29. The molecule has 0 aliphatic rings. The highest BCUT2D eigenvalue weighted by molar-refractivity contribution is 7.15. The largest absolute Gasteiger partial charge is 0.317 e. The summed E-state index contributed by atoms with van der Waals surface area (Å²) in [5.41, 5.74) is 0.591. The van der Waals surface area contributed by atoms with Gasteiger partial charge in [-0.1, -0.05) is 61.6 Å². The highest BCUT2D eigenvalue weighted by atomic mass is 32.1. The van der Waals surface area contributed by atoms with Gasteiger partial charge in [0.25, 0.3) is 0 Å². The highest BCUT2D eigenvalue weighted by Gasteiger charge is 2.17. The predicted octanol–water partition coefficient (Wildman–Crippen LogP) is 3.39. The summed E-state index contributed by atoms with van der Waals surface area (Å²) in [6.07, 6.45) is 0. The van der Waals surface area contributed by atoms with Gasteiger partial charge in [-0.3, -0.25) is 14.9 Å². The Hall–Kier alpha value is -2.80. The van der Waals surface area contributed by atoms with Crippen molar-refractivity contribution in [2.75, 3.05) is 10.6 Å². The molecule has 2 aromatic carbocycles. The van der Waals surface area contributed by atoms with Crippen molar-refractivity contribution in [3.05, 3.63) is 47.5 Å². The number of fused-ring (bicyclic) bond motifs is 1. The standard InChI is InChI=1S/C17H16N4O2S/c1-10(2)16-20-21-17(24-16)19-15(23)14(22)18-13-9-5-7-11-6-3-4-8-12(11)13/h3-10H,1-2H3,(H,18,22)(H,19,21,23). The lowest BCUT2D eigenvalue weighted by molar-refractivity contribution is -0.132. The van der Waals surface area contributed by atoms with E-state index in [0.717, 1.165) is 15.8 Å². The van der Waals surface area contributed by atoms with Gasteiger partial charge in [0.2, 0.25) is 5.13 Å². The molecule has 1 aromatic heterocycles. The predicted molar refractivity (Wildman–Crippen MR) is 95.2 cm³/mol. The molecule has 0 aliphatic heterocycles. The third-order valence-corrected chi connectivity index (χ3v) is 4.54. The maximum Gasteiger partial charge on any atom is 0.315 e. The summed E-state index contributed by atoms with van der Waals surface area (Å²) in [6, 6.07) is 13.2. The lowest BCUT2D eigenvalue weighted by atomic mass is 10.1. The summed E-state index contributed by atoms with van der Waals surface area (Å²) in [4.78, 5) is 24.2. The van der Waals surface area contributed by atoms with E-state index in [0.29, 0.717) is 10.8 Å². The molecule has 0 fully saturated rings. The third kappa shape index (κ3) is 3.41. The molecule has 0 saturated heterocycles. The minimum atomic E-state index is -0.769. The Morgan fingerprint density at radius 2 is 1.67 bits per heavy atom. The van der Waals surface area contributed by atoms with Crippen LogP contribution in [-0.2, 0) is 9.59 Å². The van der Waals surface area contributed by atoms with Crippen LogP contribution in [0, 0.1) is 0 Å². The number of aromatic nitrogens is 2. The van der Waals surface area contributed by atoms with Gasteiger partial charge in [0.05, 0.1) is 0 Å². The van der Waals surface area contributed by atoms with E-state index in [-0.39, 0.29) is 5.92 Å². The quantitative estimate of drug-likeness (QED) is 0.716. The Morgan fingerprint density at radius 3 is 2.42 bits per heavy atom. The van der Waals surface area contributed by atoms with Crippen LogP contribution in [0.2, 0.25) is 0 Å². The molecule has 0 saturated carbocycles. The van der Waals surface area contributed by atoms with Gasteiger partial charge in [-0.25, -0.2) is 0 Å². The van der Waals surface area contributed by atoms with Crippen molar-refractivity contribution in [2.45, 2.75) is 19.8 Å². The molecule has 3 aromatic rings. The first-order valence-electron chi connectivity index (χ1n) is 7.48. The molecular weight excluding hydrogens is 324 g/mol. The van der Waals surface area contributed by atoms with Gasteiger partial charge in [-0.15, -0.1) is 10.2 Å². The van der Waals surface area contributed by atoms with Gasteiger partial charge in [-0.2, -0.15) is 0 Å². The van der Waals surface area contributed by atoms with E-state index < -0.39 is 11.8 Å². The monoisotopic (exact) mass is 340 g/mol. The number of hydrogen-bond donors (Lipinski definition) is 2. The Kier molecular flexibility index (Phi) is 4.52. The SMILES string of the molecule is CC(C)c1nnc(NC(=O)C(=O)Nc2cccc3ccccc23)s1. The van der Waals surface area contributed by atoms with Gasteiger partial charge < -0.3 is 5.32 Å². The normalized spacial score (nSPS) is 10.8. The zero-order valence-electron chi connectivity index (χ0n) is 13.2. The van der Waals surface area contributed by atoms with Crippen LogP contribution in [0.25, 0.3) is 10.8 Å². The van der Waals surface area contributed by atoms with E-state index in [1.807, 2.05) is 50.2 Å². The van der Waals surface area contributed by atoms with E-state index >= 15 is 0 Å². The van der Waals surface area contributed by atoms with Gasteiger partial charge in [0.15, 0.2) is 0 Å². The van der Waals surface area contributed by atoms with Crippen LogP contribution >= 0.6 is 11.3 Å². The van der Waals surface area contributed by atoms with Crippen LogP contribution in [0.15, 0.2) is 42.5 Å².